The third-order valence-corrected chi connectivity index (χ3v) is 2.63. The van der Waals surface area contributed by atoms with Crippen LogP contribution in [0.1, 0.15) is 13.3 Å². The molecule has 2 aromatic rings. The third kappa shape index (κ3) is 1.97. The number of anilines is 1. The number of hydrogen-bond acceptors (Lipinski definition) is 3. The molecule has 4 nitrogen and oxygen atoms in total. The van der Waals surface area contributed by atoms with Gasteiger partial charge in [0, 0.05) is 32.2 Å². The molecule has 0 fully saturated rings. The predicted molar refractivity (Wildman–Crippen MR) is 64.2 cm³/mol. The fourth-order valence-electron chi connectivity index (χ4n) is 1.58. The van der Waals surface area contributed by atoms with Gasteiger partial charge in [0.25, 0.3) is 0 Å². The van der Waals surface area contributed by atoms with Crippen molar-refractivity contribution >= 4 is 27.4 Å². The van der Waals surface area contributed by atoms with Gasteiger partial charge in [-0.2, -0.15) is 0 Å². The number of nitrogens with zero attached hydrogens (tertiary/aromatic N) is 4. The molecule has 0 saturated heterocycles. The largest absolute Gasteiger partial charge is 0.357 e. The van der Waals surface area contributed by atoms with Gasteiger partial charge in [0.2, 0.25) is 0 Å². The van der Waals surface area contributed by atoms with Gasteiger partial charge in [0.1, 0.15) is 4.60 Å². The molecule has 0 saturated carbocycles. The maximum atomic E-state index is 4.45. The van der Waals surface area contributed by atoms with Crippen LogP contribution < -0.4 is 4.90 Å². The van der Waals surface area contributed by atoms with Crippen molar-refractivity contribution in [3.63, 3.8) is 0 Å². The van der Waals surface area contributed by atoms with Crippen LogP contribution in [-0.2, 0) is 0 Å². The number of hydrogen-bond donors (Lipinski definition) is 0. The van der Waals surface area contributed by atoms with Crippen molar-refractivity contribution in [2.24, 2.45) is 0 Å². The Morgan fingerprint density at radius 3 is 3.07 bits per heavy atom. The highest BCUT2D eigenvalue weighted by Gasteiger charge is 2.09. The van der Waals surface area contributed by atoms with E-state index in [-0.39, 0.29) is 0 Å². The summed E-state index contributed by atoms with van der Waals surface area (Å²) in [6.07, 6.45) is 6.71. The molecular formula is C10H13BrN4. The van der Waals surface area contributed by atoms with E-state index < -0.39 is 0 Å². The lowest BCUT2D eigenvalue weighted by Gasteiger charge is -2.17. The molecule has 0 amide bonds. The second kappa shape index (κ2) is 4.18. The first kappa shape index (κ1) is 10.4. The highest BCUT2D eigenvalue weighted by molar-refractivity contribution is 9.10. The van der Waals surface area contributed by atoms with Gasteiger partial charge in [-0.15, -0.1) is 0 Å². The average Bonchev–Trinajstić information content (AvgIpc) is 2.64. The monoisotopic (exact) mass is 268 g/mol. The van der Waals surface area contributed by atoms with E-state index in [9.17, 15) is 0 Å². The van der Waals surface area contributed by atoms with E-state index in [1.807, 2.05) is 23.8 Å². The fourth-order valence-corrected chi connectivity index (χ4v) is 1.97. The van der Waals surface area contributed by atoms with Crippen molar-refractivity contribution in [1.29, 1.82) is 0 Å². The van der Waals surface area contributed by atoms with Gasteiger partial charge in [-0.3, -0.25) is 0 Å². The van der Waals surface area contributed by atoms with Crippen LogP contribution >= 0.6 is 15.9 Å². The summed E-state index contributed by atoms with van der Waals surface area (Å²) >= 11 is 3.40. The van der Waals surface area contributed by atoms with E-state index in [0.29, 0.717) is 0 Å². The highest BCUT2D eigenvalue weighted by Crippen LogP contribution is 2.19. The molecule has 2 aromatic heterocycles. The number of aromatic nitrogens is 3. The SMILES string of the molecule is CCCN(C)c1nc(Br)cn2ccnc12. The summed E-state index contributed by atoms with van der Waals surface area (Å²) in [6, 6.07) is 0. The van der Waals surface area contributed by atoms with Gasteiger partial charge in [-0.1, -0.05) is 6.92 Å². The van der Waals surface area contributed by atoms with E-state index in [2.05, 4.69) is 37.7 Å². The summed E-state index contributed by atoms with van der Waals surface area (Å²) in [5.74, 6) is 0.913. The Morgan fingerprint density at radius 1 is 1.53 bits per heavy atom. The lowest BCUT2D eigenvalue weighted by molar-refractivity contribution is 0.833. The minimum atomic E-state index is 0.825. The van der Waals surface area contributed by atoms with Crippen LogP contribution in [0.5, 0.6) is 0 Å². The van der Waals surface area contributed by atoms with Crippen molar-refractivity contribution in [2.75, 3.05) is 18.5 Å². The first-order valence-electron chi connectivity index (χ1n) is 4.92. The molecule has 0 aromatic carbocycles. The fraction of sp³-hybridized carbons (Fsp3) is 0.400. The summed E-state index contributed by atoms with van der Waals surface area (Å²) in [4.78, 5) is 10.9. The second-order valence-electron chi connectivity index (χ2n) is 3.47. The Hall–Kier alpha value is -1.10. The summed E-state index contributed by atoms with van der Waals surface area (Å²) in [5, 5.41) is 0. The van der Waals surface area contributed by atoms with E-state index in [0.717, 1.165) is 29.0 Å². The van der Waals surface area contributed by atoms with Crippen LogP contribution in [0.2, 0.25) is 0 Å². The van der Waals surface area contributed by atoms with E-state index in [1.54, 1.807) is 6.20 Å². The molecule has 80 valence electrons. The number of imidazole rings is 1. The molecule has 2 rings (SSSR count). The Balaban J connectivity index is 2.52. The van der Waals surface area contributed by atoms with Crippen molar-refractivity contribution < 1.29 is 0 Å². The molecule has 0 N–H and O–H groups in total. The second-order valence-corrected chi connectivity index (χ2v) is 4.28. The summed E-state index contributed by atoms with van der Waals surface area (Å²) < 4.78 is 2.80. The maximum absolute atomic E-state index is 4.45. The summed E-state index contributed by atoms with van der Waals surface area (Å²) in [6.45, 7) is 3.13. The average molecular weight is 269 g/mol. The standard InChI is InChI=1S/C10H13BrN4/c1-3-5-14(2)10-9-12-4-6-15(9)7-8(11)13-10/h4,6-7H,3,5H2,1-2H3. The zero-order valence-electron chi connectivity index (χ0n) is 8.81. The lowest BCUT2D eigenvalue weighted by atomic mass is 10.4. The van der Waals surface area contributed by atoms with Crippen molar-refractivity contribution in [3.8, 4) is 0 Å². The summed E-state index contributed by atoms with van der Waals surface area (Å²) in [7, 11) is 2.03. The number of rotatable bonds is 3. The van der Waals surface area contributed by atoms with E-state index in [1.165, 1.54) is 0 Å². The minimum absolute atomic E-state index is 0.825. The molecule has 0 aliphatic heterocycles. The van der Waals surface area contributed by atoms with Crippen LogP contribution in [-0.4, -0.2) is 28.0 Å². The number of halogens is 1. The maximum Gasteiger partial charge on any atom is 0.180 e. The van der Waals surface area contributed by atoms with Gasteiger partial charge >= 0.3 is 0 Å². The van der Waals surface area contributed by atoms with Crippen molar-refractivity contribution in [2.45, 2.75) is 13.3 Å². The molecule has 0 aliphatic carbocycles. The van der Waals surface area contributed by atoms with Crippen molar-refractivity contribution in [1.82, 2.24) is 14.4 Å². The van der Waals surface area contributed by atoms with Crippen molar-refractivity contribution in [3.05, 3.63) is 23.2 Å². The van der Waals surface area contributed by atoms with E-state index >= 15 is 0 Å². The molecule has 0 atom stereocenters. The van der Waals surface area contributed by atoms with Gasteiger partial charge in [0.05, 0.1) is 0 Å². The van der Waals surface area contributed by atoms with Crippen LogP contribution in [0.4, 0.5) is 5.82 Å². The highest BCUT2D eigenvalue weighted by atomic mass is 79.9. The zero-order valence-corrected chi connectivity index (χ0v) is 10.4. The number of fused-ring (bicyclic) bond motifs is 1. The lowest BCUT2D eigenvalue weighted by Crippen LogP contribution is -2.20. The Bertz CT molecular complexity index is 465. The van der Waals surface area contributed by atoms with Gasteiger partial charge < -0.3 is 9.30 Å². The summed E-state index contributed by atoms with van der Waals surface area (Å²) in [5.41, 5.74) is 0.897. The first-order valence-corrected chi connectivity index (χ1v) is 5.72. The molecule has 0 unspecified atom stereocenters. The Morgan fingerprint density at radius 2 is 2.33 bits per heavy atom. The molecule has 2 heterocycles. The van der Waals surface area contributed by atoms with Crippen LogP contribution in [0.15, 0.2) is 23.2 Å². The molecule has 5 heteroatoms. The van der Waals surface area contributed by atoms with Gasteiger partial charge in [-0.25, -0.2) is 9.97 Å². The smallest absolute Gasteiger partial charge is 0.180 e. The Labute approximate surface area is 97.1 Å². The minimum Gasteiger partial charge on any atom is -0.357 e. The molecule has 0 aliphatic rings. The Kier molecular flexibility index (Phi) is 2.90. The molecule has 0 bridgehead atoms. The van der Waals surface area contributed by atoms with Crippen LogP contribution in [0.25, 0.3) is 5.65 Å². The molecule has 0 spiro atoms. The van der Waals surface area contributed by atoms with E-state index in [4.69, 9.17) is 0 Å². The van der Waals surface area contributed by atoms with Gasteiger partial charge in [0.15, 0.2) is 11.5 Å². The quantitative estimate of drug-likeness (QED) is 0.857. The normalized spacial score (nSPS) is 10.9. The molecular weight excluding hydrogens is 256 g/mol. The van der Waals surface area contributed by atoms with Gasteiger partial charge in [-0.05, 0) is 22.4 Å². The zero-order chi connectivity index (χ0) is 10.8. The van der Waals surface area contributed by atoms with Crippen LogP contribution in [0, 0.1) is 0 Å². The first-order chi connectivity index (χ1) is 7.22. The molecule has 15 heavy (non-hydrogen) atoms. The topological polar surface area (TPSA) is 33.4 Å². The predicted octanol–water partition coefficient (Wildman–Crippen LogP) is 2.34. The molecule has 0 radical (unpaired) electrons. The van der Waals surface area contributed by atoms with Crippen LogP contribution in [0.3, 0.4) is 0 Å². The third-order valence-electron chi connectivity index (χ3n) is 2.25.